The summed E-state index contributed by atoms with van der Waals surface area (Å²) in [4.78, 5) is 29.0. The first kappa shape index (κ1) is 17.0. The molecule has 1 aromatic carbocycles. The van der Waals surface area contributed by atoms with Gasteiger partial charge in [-0.05, 0) is 22.0 Å². The number of nitrogens with zero attached hydrogens (tertiary/aromatic N) is 6. The van der Waals surface area contributed by atoms with Crippen LogP contribution in [0.2, 0.25) is 5.02 Å². The molecule has 0 spiro atoms. The molecule has 1 fully saturated rings. The fourth-order valence-corrected chi connectivity index (χ4v) is 3.14. The van der Waals surface area contributed by atoms with Gasteiger partial charge in [0.25, 0.3) is 5.69 Å². The number of rotatable bonds is 4. The monoisotopic (exact) mass is 366 g/mol. The smallest absolute Gasteiger partial charge is 0.362 e. The van der Waals surface area contributed by atoms with Crippen molar-refractivity contribution in [3.63, 3.8) is 0 Å². The highest BCUT2D eigenvalue weighted by Crippen LogP contribution is 2.33. The molecule has 0 amide bonds. The van der Waals surface area contributed by atoms with Crippen LogP contribution in [0.5, 0.6) is 0 Å². The van der Waals surface area contributed by atoms with Crippen molar-refractivity contribution in [2.75, 3.05) is 36.0 Å². The number of nitro groups is 2. The summed E-state index contributed by atoms with van der Waals surface area (Å²) in [6.07, 6.45) is 1.41. The van der Waals surface area contributed by atoms with E-state index in [2.05, 4.69) is 4.98 Å². The van der Waals surface area contributed by atoms with Crippen molar-refractivity contribution in [2.45, 2.75) is 0 Å². The van der Waals surface area contributed by atoms with Crippen molar-refractivity contribution in [3.05, 3.63) is 49.8 Å². The molecule has 1 saturated heterocycles. The van der Waals surface area contributed by atoms with Crippen molar-refractivity contribution >= 4 is 34.6 Å². The lowest BCUT2D eigenvalue weighted by Crippen LogP contribution is -2.47. The molecule has 25 heavy (non-hydrogen) atoms. The van der Waals surface area contributed by atoms with E-state index in [0.717, 1.165) is 0 Å². The molecule has 1 aliphatic rings. The molecule has 0 atom stereocenters. The van der Waals surface area contributed by atoms with Crippen molar-refractivity contribution in [1.29, 1.82) is 0 Å². The Balaban J connectivity index is 1.81. The summed E-state index contributed by atoms with van der Waals surface area (Å²) >= 11 is 5.85. The summed E-state index contributed by atoms with van der Waals surface area (Å²) in [7, 11) is 1.70. The molecule has 0 bridgehead atoms. The van der Waals surface area contributed by atoms with Gasteiger partial charge >= 0.3 is 5.82 Å². The maximum absolute atomic E-state index is 11.3. The van der Waals surface area contributed by atoms with Gasteiger partial charge in [0.15, 0.2) is 0 Å². The molecule has 1 aliphatic heterocycles. The summed E-state index contributed by atoms with van der Waals surface area (Å²) in [5.74, 6) is 0.253. The first-order valence-electron chi connectivity index (χ1n) is 7.48. The van der Waals surface area contributed by atoms with Gasteiger partial charge in [-0.25, -0.2) is 0 Å². The normalized spacial score (nSPS) is 14.6. The highest BCUT2D eigenvalue weighted by molar-refractivity contribution is 6.30. The van der Waals surface area contributed by atoms with Crippen molar-refractivity contribution in [1.82, 2.24) is 9.55 Å². The van der Waals surface area contributed by atoms with E-state index >= 15 is 0 Å². The Labute approximate surface area is 147 Å². The maximum atomic E-state index is 11.3. The van der Waals surface area contributed by atoms with Crippen LogP contribution in [-0.2, 0) is 7.05 Å². The number of anilines is 2. The van der Waals surface area contributed by atoms with E-state index in [1.165, 1.54) is 12.4 Å². The van der Waals surface area contributed by atoms with Gasteiger partial charge in [0.05, 0.1) is 4.92 Å². The minimum atomic E-state index is -0.508. The molecule has 11 heteroatoms. The zero-order valence-electron chi connectivity index (χ0n) is 13.3. The lowest BCUT2D eigenvalue weighted by atomic mass is 10.2. The molecule has 0 N–H and O–H groups in total. The highest BCUT2D eigenvalue weighted by atomic mass is 35.5. The average molecular weight is 367 g/mol. The third-order valence-electron chi connectivity index (χ3n) is 4.11. The minimum Gasteiger partial charge on any atom is -0.362 e. The van der Waals surface area contributed by atoms with Gasteiger partial charge in [-0.15, -0.1) is 0 Å². The van der Waals surface area contributed by atoms with E-state index in [1.54, 1.807) is 23.7 Å². The SMILES string of the molecule is Cn1cnc([N+](=O)[O-])c1N1CCN(c2ccc(Cl)cc2[N+](=O)[O-])CC1. The van der Waals surface area contributed by atoms with Gasteiger partial charge in [0.1, 0.15) is 5.69 Å². The second-order valence-electron chi connectivity index (χ2n) is 5.62. The number of halogens is 1. The summed E-state index contributed by atoms with van der Waals surface area (Å²) in [5.41, 5.74) is 0.445. The van der Waals surface area contributed by atoms with Gasteiger partial charge in [-0.2, -0.15) is 0 Å². The standard InChI is InChI=1S/C14H15ClN6O4/c1-17-9-16-13(21(24)25)14(17)19-6-4-18(5-7-19)11-3-2-10(15)8-12(11)20(22)23/h2-3,8-9H,4-7H2,1H3. The second-order valence-corrected chi connectivity index (χ2v) is 6.06. The number of aromatic nitrogens is 2. The number of nitro benzene ring substituents is 1. The van der Waals surface area contributed by atoms with Crippen LogP contribution in [0, 0.1) is 20.2 Å². The Bertz CT molecular complexity index is 831. The first-order valence-corrected chi connectivity index (χ1v) is 7.86. The van der Waals surface area contributed by atoms with E-state index in [4.69, 9.17) is 11.6 Å². The molecule has 3 rings (SSSR count). The molecular weight excluding hydrogens is 352 g/mol. The second kappa shape index (κ2) is 6.55. The predicted octanol–water partition coefficient (Wildman–Crippen LogP) is 2.22. The van der Waals surface area contributed by atoms with Crippen molar-refractivity contribution < 1.29 is 9.85 Å². The van der Waals surface area contributed by atoms with Crippen molar-refractivity contribution in [2.24, 2.45) is 7.05 Å². The number of aryl methyl sites for hydroxylation is 1. The van der Waals surface area contributed by atoms with Crippen LogP contribution < -0.4 is 9.80 Å². The van der Waals surface area contributed by atoms with Crippen LogP contribution in [-0.4, -0.2) is 45.6 Å². The number of hydrogen-bond acceptors (Lipinski definition) is 7. The molecular formula is C14H15ClN6O4. The number of benzene rings is 1. The van der Waals surface area contributed by atoms with E-state index < -0.39 is 9.85 Å². The Hall–Kier alpha value is -2.88. The molecule has 132 valence electrons. The average Bonchev–Trinajstić information content (AvgIpc) is 2.97. The van der Waals surface area contributed by atoms with Gasteiger partial charge in [0, 0.05) is 44.3 Å². The number of piperazine rings is 1. The Morgan fingerprint density at radius 1 is 1.08 bits per heavy atom. The summed E-state index contributed by atoms with van der Waals surface area (Å²) in [6.45, 7) is 1.95. The van der Waals surface area contributed by atoms with Crippen LogP contribution in [0.1, 0.15) is 0 Å². The summed E-state index contributed by atoms with van der Waals surface area (Å²) in [6, 6.07) is 4.57. The van der Waals surface area contributed by atoms with Crippen LogP contribution in [0.3, 0.4) is 0 Å². The number of hydrogen-bond donors (Lipinski definition) is 0. The van der Waals surface area contributed by atoms with Crippen LogP contribution in [0.15, 0.2) is 24.5 Å². The van der Waals surface area contributed by atoms with Crippen LogP contribution in [0.4, 0.5) is 23.0 Å². The molecule has 2 heterocycles. The fourth-order valence-electron chi connectivity index (χ4n) is 2.97. The van der Waals surface area contributed by atoms with Gasteiger partial charge in [-0.1, -0.05) is 11.6 Å². The first-order chi connectivity index (χ1) is 11.9. The van der Waals surface area contributed by atoms with E-state index in [9.17, 15) is 20.2 Å². The topological polar surface area (TPSA) is 111 Å². The minimum absolute atomic E-state index is 0.0486. The molecule has 2 aromatic rings. The Morgan fingerprint density at radius 2 is 1.72 bits per heavy atom. The van der Waals surface area contributed by atoms with Gasteiger partial charge in [-0.3, -0.25) is 14.7 Å². The van der Waals surface area contributed by atoms with E-state index in [1.807, 2.05) is 9.80 Å². The van der Waals surface area contributed by atoms with Gasteiger partial charge in [0.2, 0.25) is 12.1 Å². The molecule has 0 radical (unpaired) electrons. The van der Waals surface area contributed by atoms with Crippen LogP contribution >= 0.6 is 11.6 Å². The summed E-state index contributed by atoms with van der Waals surface area (Å²) < 4.78 is 1.61. The molecule has 0 saturated carbocycles. The molecule has 10 nitrogen and oxygen atoms in total. The largest absolute Gasteiger partial charge is 0.406 e. The van der Waals surface area contributed by atoms with Gasteiger partial charge < -0.3 is 19.9 Å². The lowest BCUT2D eigenvalue weighted by Gasteiger charge is -2.36. The van der Waals surface area contributed by atoms with E-state index in [0.29, 0.717) is 42.7 Å². The third kappa shape index (κ3) is 3.20. The van der Waals surface area contributed by atoms with E-state index in [-0.39, 0.29) is 11.5 Å². The Morgan fingerprint density at radius 3 is 2.32 bits per heavy atom. The predicted molar refractivity (Wildman–Crippen MR) is 92.4 cm³/mol. The third-order valence-corrected chi connectivity index (χ3v) is 4.35. The summed E-state index contributed by atoms with van der Waals surface area (Å²) in [5, 5.41) is 22.7. The zero-order chi connectivity index (χ0) is 18.1. The molecule has 1 aromatic heterocycles. The van der Waals surface area contributed by atoms with Crippen molar-refractivity contribution in [3.8, 4) is 0 Å². The molecule has 0 aliphatic carbocycles. The molecule has 0 unspecified atom stereocenters. The fraction of sp³-hybridized carbons (Fsp3) is 0.357. The quantitative estimate of drug-likeness (QED) is 0.602. The zero-order valence-corrected chi connectivity index (χ0v) is 14.1. The number of imidazole rings is 1. The Kier molecular flexibility index (Phi) is 4.45. The van der Waals surface area contributed by atoms with Crippen LogP contribution in [0.25, 0.3) is 0 Å². The highest BCUT2D eigenvalue weighted by Gasteiger charge is 2.30. The maximum Gasteiger partial charge on any atom is 0.406 e. The lowest BCUT2D eigenvalue weighted by molar-refractivity contribution is -0.388.